The van der Waals surface area contributed by atoms with Gasteiger partial charge in [-0.1, -0.05) is 70.9 Å². The average molecular weight is 416 g/mol. The number of hydrogen-bond donors (Lipinski definition) is 1. The minimum atomic E-state index is -0.263. The lowest BCUT2D eigenvalue weighted by molar-refractivity contribution is -0.118. The molecule has 2 N–H and O–H groups in total. The first-order valence-corrected chi connectivity index (χ1v) is 11.4. The number of halogens is 1. The fourth-order valence-corrected chi connectivity index (χ4v) is 3.05. The molecule has 0 fully saturated rings. The first-order valence-electron chi connectivity index (χ1n) is 11.4. The van der Waals surface area contributed by atoms with Gasteiger partial charge in [-0.3, -0.25) is 4.79 Å². The fraction of sp³-hybridized carbons (Fsp3) is 0.500. The lowest BCUT2D eigenvalue weighted by atomic mass is 10.0. The molecule has 2 aromatic carbocycles. The quantitative estimate of drug-likeness (QED) is 0.343. The van der Waals surface area contributed by atoms with Crippen LogP contribution in [0.15, 0.2) is 48.5 Å². The molecule has 0 saturated heterocycles. The van der Waals surface area contributed by atoms with Gasteiger partial charge in [0.25, 0.3) is 0 Å². The Hall–Kier alpha value is -2.36. The summed E-state index contributed by atoms with van der Waals surface area (Å²) in [6.07, 6.45) is 12.3. The average Bonchev–Trinajstić information content (AvgIpc) is 2.72. The van der Waals surface area contributed by atoms with Gasteiger partial charge >= 0.3 is 0 Å². The largest absolute Gasteiger partial charge is 0.457 e. The number of carbonyl (C=O) groups is 1. The number of benzene rings is 2. The van der Waals surface area contributed by atoms with Gasteiger partial charge in [0.15, 0.2) is 0 Å². The molecule has 0 spiro atoms. The van der Waals surface area contributed by atoms with E-state index in [1.807, 2.05) is 12.1 Å². The van der Waals surface area contributed by atoms with Gasteiger partial charge in [-0.2, -0.15) is 0 Å². The van der Waals surface area contributed by atoms with E-state index < -0.39 is 0 Å². The molecule has 0 radical (unpaired) electrons. The van der Waals surface area contributed by atoms with Crippen molar-refractivity contribution in [2.45, 2.75) is 84.5 Å². The Balaban J connectivity index is 0.00000141. The standard InChI is InChI=1S/C23H30FNO2.C3H8/c24-20-13-17-22(18-14-20)27-21-15-11-19(12-16-21)9-7-5-3-1-2-4-6-8-10-23(25)26;1-3-2/h11-18H,1-10H2,(H2,25,26);3H2,1-2H3. The normalized spacial score (nSPS) is 10.2. The summed E-state index contributed by atoms with van der Waals surface area (Å²) in [6.45, 7) is 4.25. The molecular formula is C26H38FNO2. The smallest absolute Gasteiger partial charge is 0.217 e. The van der Waals surface area contributed by atoms with Gasteiger partial charge in [-0.15, -0.1) is 0 Å². The maximum Gasteiger partial charge on any atom is 0.217 e. The van der Waals surface area contributed by atoms with Crippen molar-refractivity contribution in [3.05, 3.63) is 59.9 Å². The second kappa shape index (κ2) is 16.4. The predicted molar refractivity (Wildman–Crippen MR) is 123 cm³/mol. The van der Waals surface area contributed by atoms with Crippen LogP contribution in [0.2, 0.25) is 0 Å². The van der Waals surface area contributed by atoms with Crippen molar-refractivity contribution >= 4 is 5.91 Å². The number of hydrogen-bond acceptors (Lipinski definition) is 2. The molecule has 30 heavy (non-hydrogen) atoms. The highest BCUT2D eigenvalue weighted by Crippen LogP contribution is 2.22. The number of rotatable bonds is 13. The van der Waals surface area contributed by atoms with Crippen molar-refractivity contribution in [3.8, 4) is 11.5 Å². The highest BCUT2D eigenvalue weighted by molar-refractivity contribution is 5.73. The second-order valence-corrected chi connectivity index (χ2v) is 7.70. The van der Waals surface area contributed by atoms with Crippen molar-refractivity contribution in [3.63, 3.8) is 0 Å². The third kappa shape index (κ3) is 13.0. The van der Waals surface area contributed by atoms with Crippen LogP contribution in [0, 0.1) is 5.82 Å². The van der Waals surface area contributed by atoms with Crippen molar-refractivity contribution in [1.82, 2.24) is 0 Å². The zero-order valence-electron chi connectivity index (χ0n) is 18.7. The number of unbranched alkanes of at least 4 members (excludes halogenated alkanes) is 7. The molecule has 0 unspecified atom stereocenters. The van der Waals surface area contributed by atoms with E-state index in [0.717, 1.165) is 25.0 Å². The minimum absolute atomic E-state index is 0.190. The molecule has 0 saturated carbocycles. The zero-order valence-corrected chi connectivity index (χ0v) is 18.7. The third-order valence-electron chi connectivity index (χ3n) is 4.61. The molecule has 0 aliphatic carbocycles. The van der Waals surface area contributed by atoms with Gasteiger partial charge < -0.3 is 10.5 Å². The van der Waals surface area contributed by atoms with Gasteiger partial charge in [0, 0.05) is 6.42 Å². The Labute approximate surface area is 181 Å². The van der Waals surface area contributed by atoms with E-state index in [2.05, 4.69) is 26.0 Å². The molecule has 0 aliphatic rings. The van der Waals surface area contributed by atoms with Crippen LogP contribution in [0.5, 0.6) is 11.5 Å². The SMILES string of the molecule is CCC.NC(=O)CCCCCCCCCCc1ccc(Oc2ccc(F)cc2)cc1. The van der Waals surface area contributed by atoms with Crippen molar-refractivity contribution in [2.24, 2.45) is 5.73 Å². The molecule has 1 amide bonds. The van der Waals surface area contributed by atoms with Crippen LogP contribution in [-0.4, -0.2) is 5.91 Å². The maximum absolute atomic E-state index is 12.9. The maximum atomic E-state index is 12.9. The summed E-state index contributed by atoms with van der Waals surface area (Å²) >= 11 is 0. The van der Waals surface area contributed by atoms with E-state index in [9.17, 15) is 9.18 Å². The summed E-state index contributed by atoms with van der Waals surface area (Å²) in [5.74, 6) is 0.950. The Morgan fingerprint density at radius 3 is 1.70 bits per heavy atom. The van der Waals surface area contributed by atoms with Crippen LogP contribution in [-0.2, 0) is 11.2 Å². The summed E-state index contributed by atoms with van der Waals surface area (Å²) in [5, 5.41) is 0. The summed E-state index contributed by atoms with van der Waals surface area (Å²) in [4.78, 5) is 10.6. The number of amides is 1. The molecular weight excluding hydrogens is 377 g/mol. The second-order valence-electron chi connectivity index (χ2n) is 7.70. The molecule has 166 valence electrons. The minimum Gasteiger partial charge on any atom is -0.457 e. The van der Waals surface area contributed by atoms with Crippen LogP contribution >= 0.6 is 0 Å². The number of carbonyl (C=O) groups excluding carboxylic acids is 1. The lowest BCUT2D eigenvalue weighted by Gasteiger charge is -2.07. The summed E-state index contributed by atoms with van der Waals surface area (Å²) < 4.78 is 18.6. The number of aryl methyl sites for hydroxylation is 1. The van der Waals surface area contributed by atoms with Gasteiger partial charge in [0.1, 0.15) is 17.3 Å². The van der Waals surface area contributed by atoms with Gasteiger partial charge in [0.05, 0.1) is 0 Å². The first kappa shape index (κ1) is 25.7. The fourth-order valence-electron chi connectivity index (χ4n) is 3.05. The molecule has 2 aromatic rings. The van der Waals surface area contributed by atoms with Crippen molar-refractivity contribution in [1.29, 1.82) is 0 Å². The van der Waals surface area contributed by atoms with Crippen LogP contribution in [0.1, 0.15) is 83.6 Å². The van der Waals surface area contributed by atoms with E-state index in [-0.39, 0.29) is 11.7 Å². The highest BCUT2D eigenvalue weighted by Gasteiger charge is 2.00. The van der Waals surface area contributed by atoms with Crippen molar-refractivity contribution < 1.29 is 13.9 Å². The first-order chi connectivity index (χ1) is 14.5. The summed E-state index contributed by atoms with van der Waals surface area (Å²) in [6, 6.07) is 14.2. The molecule has 3 nitrogen and oxygen atoms in total. The zero-order chi connectivity index (χ0) is 22.0. The van der Waals surface area contributed by atoms with Crippen LogP contribution in [0.4, 0.5) is 4.39 Å². The molecule has 0 bridgehead atoms. The van der Waals surface area contributed by atoms with Crippen LogP contribution in [0.3, 0.4) is 0 Å². The molecule has 4 heteroatoms. The number of nitrogens with two attached hydrogens (primary N) is 1. The molecule has 0 atom stereocenters. The third-order valence-corrected chi connectivity index (χ3v) is 4.61. The number of ether oxygens (including phenoxy) is 1. The lowest BCUT2D eigenvalue weighted by Crippen LogP contribution is -2.09. The van der Waals surface area contributed by atoms with E-state index in [4.69, 9.17) is 10.5 Å². The molecule has 0 heterocycles. The molecule has 0 aliphatic heterocycles. The summed E-state index contributed by atoms with van der Waals surface area (Å²) in [7, 11) is 0. The highest BCUT2D eigenvalue weighted by atomic mass is 19.1. The van der Waals surface area contributed by atoms with Gasteiger partial charge in [0.2, 0.25) is 5.91 Å². The van der Waals surface area contributed by atoms with E-state index in [1.165, 1.54) is 62.6 Å². The Morgan fingerprint density at radius 1 is 0.767 bits per heavy atom. The van der Waals surface area contributed by atoms with Gasteiger partial charge in [-0.05, 0) is 61.2 Å². The molecule has 0 aromatic heterocycles. The predicted octanol–water partition coefficient (Wildman–Crippen LogP) is 7.57. The van der Waals surface area contributed by atoms with E-state index >= 15 is 0 Å². The van der Waals surface area contributed by atoms with Crippen LogP contribution in [0.25, 0.3) is 0 Å². The molecule has 2 rings (SSSR count). The van der Waals surface area contributed by atoms with E-state index in [0.29, 0.717) is 12.2 Å². The van der Waals surface area contributed by atoms with Gasteiger partial charge in [-0.25, -0.2) is 4.39 Å². The monoisotopic (exact) mass is 415 g/mol. The van der Waals surface area contributed by atoms with E-state index in [1.54, 1.807) is 12.1 Å². The summed E-state index contributed by atoms with van der Waals surface area (Å²) in [5.41, 5.74) is 6.44. The number of primary amides is 1. The Morgan fingerprint density at radius 2 is 1.20 bits per heavy atom. The Kier molecular flexibility index (Phi) is 14.1. The van der Waals surface area contributed by atoms with Crippen molar-refractivity contribution in [2.75, 3.05) is 0 Å². The topological polar surface area (TPSA) is 52.3 Å². The van der Waals surface area contributed by atoms with Crippen LogP contribution < -0.4 is 10.5 Å². The Bertz CT molecular complexity index is 683.